The average molecular weight is 298 g/mol. The maximum absolute atomic E-state index is 12.2. The summed E-state index contributed by atoms with van der Waals surface area (Å²) >= 11 is 0. The van der Waals surface area contributed by atoms with E-state index in [2.05, 4.69) is 29.3 Å². The fourth-order valence-electron chi connectivity index (χ4n) is 2.23. The Morgan fingerprint density at radius 2 is 1.91 bits per heavy atom. The summed E-state index contributed by atoms with van der Waals surface area (Å²) in [6.07, 6.45) is 0. The van der Waals surface area contributed by atoms with Crippen LogP contribution in [0.3, 0.4) is 0 Å². The third-order valence-corrected chi connectivity index (χ3v) is 3.42. The Hall–Kier alpha value is -2.33. The molecule has 0 aliphatic heterocycles. The van der Waals surface area contributed by atoms with Crippen LogP contribution in [0.4, 0.5) is 5.69 Å². The molecule has 1 amide bonds. The lowest BCUT2D eigenvalue weighted by atomic mass is 10.2. The number of carbonyl (C=O) groups excluding carboxylic acids is 1. The summed E-state index contributed by atoms with van der Waals surface area (Å²) in [4.78, 5) is 14.3. The predicted octanol–water partition coefficient (Wildman–Crippen LogP) is 3.16. The van der Waals surface area contributed by atoms with Crippen LogP contribution < -0.4 is 10.1 Å². The lowest BCUT2D eigenvalue weighted by molar-refractivity contribution is -0.117. The molecule has 0 heterocycles. The first-order valence-corrected chi connectivity index (χ1v) is 7.41. The zero-order chi connectivity index (χ0) is 15.8. The predicted molar refractivity (Wildman–Crippen MR) is 89.0 cm³/mol. The molecule has 1 N–H and O–H groups in total. The Labute approximate surface area is 131 Å². The Morgan fingerprint density at radius 3 is 2.59 bits per heavy atom. The third kappa shape index (κ3) is 4.90. The molecule has 0 radical (unpaired) electrons. The summed E-state index contributed by atoms with van der Waals surface area (Å²) in [5.41, 5.74) is 1.96. The highest BCUT2D eigenvalue weighted by molar-refractivity contribution is 5.92. The van der Waals surface area contributed by atoms with Crippen LogP contribution in [0, 0.1) is 0 Å². The quantitative estimate of drug-likeness (QED) is 0.853. The van der Waals surface area contributed by atoms with E-state index >= 15 is 0 Å². The third-order valence-electron chi connectivity index (χ3n) is 3.42. The van der Waals surface area contributed by atoms with Crippen molar-refractivity contribution in [2.45, 2.75) is 13.5 Å². The highest BCUT2D eigenvalue weighted by Gasteiger charge is 2.10. The van der Waals surface area contributed by atoms with Gasteiger partial charge >= 0.3 is 0 Å². The molecule has 2 aromatic carbocycles. The monoisotopic (exact) mass is 298 g/mol. The highest BCUT2D eigenvalue weighted by atomic mass is 16.5. The van der Waals surface area contributed by atoms with Crippen molar-refractivity contribution < 1.29 is 9.53 Å². The maximum atomic E-state index is 12.2. The standard InChI is InChI=1S/C18H22N2O2/c1-3-20(13-15-8-5-4-6-9-15)14-18(21)19-16-10-7-11-17(12-16)22-2/h4-12H,3,13-14H2,1-2H3,(H,19,21). The molecule has 4 heteroatoms. The average Bonchev–Trinajstić information content (AvgIpc) is 2.55. The second kappa shape index (κ2) is 8.20. The number of likely N-dealkylation sites (N-methyl/N-ethyl adjacent to an activating group) is 1. The van der Waals surface area contributed by atoms with Gasteiger partial charge in [-0.15, -0.1) is 0 Å². The van der Waals surface area contributed by atoms with Gasteiger partial charge in [-0.25, -0.2) is 0 Å². The number of amides is 1. The number of anilines is 1. The number of nitrogens with zero attached hydrogens (tertiary/aromatic N) is 1. The molecule has 116 valence electrons. The van der Waals surface area contributed by atoms with E-state index in [1.807, 2.05) is 42.5 Å². The van der Waals surface area contributed by atoms with Crippen molar-refractivity contribution in [1.82, 2.24) is 4.90 Å². The number of ether oxygens (including phenoxy) is 1. The molecular formula is C18H22N2O2. The molecule has 0 spiro atoms. The van der Waals surface area contributed by atoms with Crippen LogP contribution in [0.5, 0.6) is 5.75 Å². The molecule has 0 fully saturated rings. The van der Waals surface area contributed by atoms with Gasteiger partial charge < -0.3 is 10.1 Å². The molecule has 0 saturated carbocycles. The van der Waals surface area contributed by atoms with Crippen molar-refractivity contribution in [2.24, 2.45) is 0 Å². The van der Waals surface area contributed by atoms with Gasteiger partial charge in [-0.3, -0.25) is 9.69 Å². The van der Waals surface area contributed by atoms with E-state index in [0.29, 0.717) is 6.54 Å². The van der Waals surface area contributed by atoms with Crippen molar-refractivity contribution in [3.63, 3.8) is 0 Å². The van der Waals surface area contributed by atoms with Gasteiger partial charge in [-0.05, 0) is 24.2 Å². The topological polar surface area (TPSA) is 41.6 Å². The van der Waals surface area contributed by atoms with E-state index in [0.717, 1.165) is 24.5 Å². The molecule has 4 nitrogen and oxygen atoms in total. The zero-order valence-corrected chi connectivity index (χ0v) is 13.1. The van der Waals surface area contributed by atoms with Crippen LogP contribution in [-0.2, 0) is 11.3 Å². The van der Waals surface area contributed by atoms with E-state index < -0.39 is 0 Å². The van der Waals surface area contributed by atoms with Crippen molar-refractivity contribution in [1.29, 1.82) is 0 Å². The van der Waals surface area contributed by atoms with Gasteiger partial charge in [0, 0.05) is 18.3 Å². The number of carbonyl (C=O) groups is 1. The fraction of sp³-hybridized carbons (Fsp3) is 0.278. The molecule has 0 unspecified atom stereocenters. The van der Waals surface area contributed by atoms with Gasteiger partial charge in [0.15, 0.2) is 0 Å². The molecule has 0 atom stereocenters. The van der Waals surface area contributed by atoms with Crippen LogP contribution in [-0.4, -0.2) is 31.0 Å². The summed E-state index contributed by atoms with van der Waals surface area (Å²) in [5, 5.41) is 2.91. The van der Waals surface area contributed by atoms with Crippen LogP contribution in [0.1, 0.15) is 12.5 Å². The van der Waals surface area contributed by atoms with Gasteiger partial charge in [0.05, 0.1) is 13.7 Å². The summed E-state index contributed by atoms with van der Waals surface area (Å²) in [5.74, 6) is 0.709. The summed E-state index contributed by atoms with van der Waals surface area (Å²) < 4.78 is 5.16. The number of nitrogens with one attached hydrogen (secondary N) is 1. The van der Waals surface area contributed by atoms with Gasteiger partial charge in [-0.2, -0.15) is 0 Å². The first kappa shape index (κ1) is 16.0. The van der Waals surface area contributed by atoms with Crippen LogP contribution >= 0.6 is 0 Å². The molecule has 22 heavy (non-hydrogen) atoms. The number of hydrogen-bond donors (Lipinski definition) is 1. The minimum atomic E-state index is -0.0222. The Morgan fingerprint density at radius 1 is 1.14 bits per heavy atom. The van der Waals surface area contributed by atoms with E-state index in [-0.39, 0.29) is 5.91 Å². The largest absolute Gasteiger partial charge is 0.497 e. The van der Waals surface area contributed by atoms with Crippen LogP contribution in [0.25, 0.3) is 0 Å². The first-order valence-electron chi connectivity index (χ1n) is 7.41. The Balaban J connectivity index is 1.91. The van der Waals surface area contributed by atoms with Crippen molar-refractivity contribution >= 4 is 11.6 Å². The molecular weight excluding hydrogens is 276 g/mol. The number of methoxy groups -OCH3 is 1. The van der Waals surface area contributed by atoms with E-state index in [4.69, 9.17) is 4.74 Å². The minimum Gasteiger partial charge on any atom is -0.497 e. The smallest absolute Gasteiger partial charge is 0.238 e. The molecule has 2 rings (SSSR count). The van der Waals surface area contributed by atoms with Gasteiger partial charge in [0.1, 0.15) is 5.75 Å². The van der Waals surface area contributed by atoms with Crippen LogP contribution in [0.2, 0.25) is 0 Å². The van der Waals surface area contributed by atoms with Gasteiger partial charge in [0.25, 0.3) is 0 Å². The lowest BCUT2D eigenvalue weighted by Crippen LogP contribution is -2.32. The normalized spacial score (nSPS) is 10.5. The summed E-state index contributed by atoms with van der Waals surface area (Å²) in [6.45, 7) is 4.01. The molecule has 0 bridgehead atoms. The summed E-state index contributed by atoms with van der Waals surface area (Å²) in [7, 11) is 1.61. The second-order valence-corrected chi connectivity index (χ2v) is 5.07. The molecule has 0 saturated heterocycles. The van der Waals surface area contributed by atoms with E-state index in [1.165, 1.54) is 5.56 Å². The maximum Gasteiger partial charge on any atom is 0.238 e. The SMILES string of the molecule is CCN(CC(=O)Nc1cccc(OC)c1)Cc1ccccc1. The molecule has 0 aliphatic rings. The minimum absolute atomic E-state index is 0.0222. The fourth-order valence-corrected chi connectivity index (χ4v) is 2.23. The van der Waals surface area contributed by atoms with E-state index in [1.54, 1.807) is 7.11 Å². The molecule has 0 aromatic heterocycles. The van der Waals surface area contributed by atoms with Crippen molar-refractivity contribution in [3.05, 3.63) is 60.2 Å². The Bertz CT molecular complexity index is 599. The highest BCUT2D eigenvalue weighted by Crippen LogP contribution is 2.16. The van der Waals surface area contributed by atoms with Gasteiger partial charge in [-0.1, -0.05) is 43.3 Å². The lowest BCUT2D eigenvalue weighted by Gasteiger charge is -2.20. The number of rotatable bonds is 7. The number of benzene rings is 2. The number of hydrogen-bond acceptors (Lipinski definition) is 3. The van der Waals surface area contributed by atoms with Gasteiger partial charge in [0.2, 0.25) is 5.91 Å². The second-order valence-electron chi connectivity index (χ2n) is 5.07. The summed E-state index contributed by atoms with van der Waals surface area (Å²) in [6, 6.07) is 17.5. The zero-order valence-electron chi connectivity index (χ0n) is 13.1. The Kier molecular flexibility index (Phi) is 5.98. The first-order chi connectivity index (χ1) is 10.7. The van der Waals surface area contributed by atoms with Crippen molar-refractivity contribution in [2.75, 3.05) is 25.5 Å². The van der Waals surface area contributed by atoms with Crippen LogP contribution in [0.15, 0.2) is 54.6 Å². The molecule has 0 aliphatic carbocycles. The molecule has 2 aromatic rings. The van der Waals surface area contributed by atoms with Crippen molar-refractivity contribution in [3.8, 4) is 5.75 Å². The van der Waals surface area contributed by atoms with E-state index in [9.17, 15) is 4.79 Å².